The molecule has 3 N–H and O–H groups in total. The van der Waals surface area contributed by atoms with Crippen LogP contribution in [-0.4, -0.2) is 29.3 Å². The second-order valence-electron chi connectivity index (χ2n) is 8.81. The summed E-state index contributed by atoms with van der Waals surface area (Å²) in [6.45, 7) is 0.915. The number of carbonyl (C=O) groups is 1. The Bertz CT molecular complexity index is 1550. The molecule has 0 saturated carbocycles. The molecule has 0 bridgehead atoms. The Labute approximate surface area is 221 Å². The number of hydrogen-bond donors (Lipinski definition) is 3. The van der Waals surface area contributed by atoms with Crippen LogP contribution in [0.1, 0.15) is 15.9 Å². The van der Waals surface area contributed by atoms with E-state index in [0.29, 0.717) is 18.7 Å². The number of hydroxylamine groups is 1. The lowest BCUT2D eigenvalue weighted by Gasteiger charge is -2.13. The third kappa shape index (κ3) is 6.24. The Kier molecular flexibility index (Phi) is 7.72. The lowest BCUT2D eigenvalue weighted by Crippen LogP contribution is -2.18. The molecule has 5 aromatic rings. The average molecular weight is 502 g/mol. The minimum atomic E-state index is -0.548. The van der Waals surface area contributed by atoms with Gasteiger partial charge in [-0.1, -0.05) is 78.9 Å². The van der Waals surface area contributed by atoms with Crippen LogP contribution in [0.3, 0.4) is 0 Å². The number of nitrogens with zero attached hydrogens (tertiary/aromatic N) is 1. The largest absolute Gasteiger partial charge is 0.489 e. The fourth-order valence-corrected chi connectivity index (χ4v) is 4.11. The number of fused-ring (bicyclic) bond motifs is 1. The van der Waals surface area contributed by atoms with E-state index in [1.54, 1.807) is 17.6 Å². The Morgan fingerprint density at radius 3 is 2.32 bits per heavy atom. The van der Waals surface area contributed by atoms with E-state index >= 15 is 0 Å². The first kappa shape index (κ1) is 24.7. The fourth-order valence-electron chi connectivity index (χ4n) is 4.11. The van der Waals surface area contributed by atoms with Crippen molar-refractivity contribution in [1.82, 2.24) is 10.5 Å². The van der Waals surface area contributed by atoms with Crippen LogP contribution in [-0.2, 0) is 0 Å². The van der Waals surface area contributed by atoms with Crippen LogP contribution >= 0.6 is 0 Å². The first-order chi connectivity index (χ1) is 18.7. The lowest BCUT2D eigenvalue weighted by atomic mass is 10.1. The van der Waals surface area contributed by atoms with Crippen LogP contribution in [0.15, 0.2) is 121 Å². The molecule has 0 aliphatic heterocycles. The van der Waals surface area contributed by atoms with Crippen molar-refractivity contribution >= 4 is 28.6 Å². The van der Waals surface area contributed by atoms with E-state index in [0.717, 1.165) is 44.6 Å². The number of benzene rings is 4. The van der Waals surface area contributed by atoms with Gasteiger partial charge < -0.3 is 10.1 Å². The number of pyridine rings is 1. The SMILES string of the molecule is O=C(NO)c1ccc(C=C(CNc2cnc3ccccc3c2)COc2ccc(-c3ccccc3)cc2)cc1. The molecule has 0 unspecified atom stereocenters. The van der Waals surface area contributed by atoms with Gasteiger partial charge in [0.15, 0.2) is 0 Å². The molecule has 0 fully saturated rings. The molecule has 188 valence electrons. The molecule has 1 aromatic heterocycles. The van der Waals surface area contributed by atoms with Gasteiger partial charge in [-0.3, -0.25) is 15.0 Å². The van der Waals surface area contributed by atoms with Gasteiger partial charge in [0, 0.05) is 17.5 Å². The van der Waals surface area contributed by atoms with Gasteiger partial charge in [0.2, 0.25) is 0 Å². The lowest BCUT2D eigenvalue weighted by molar-refractivity contribution is 0.0706. The minimum absolute atomic E-state index is 0.373. The van der Waals surface area contributed by atoms with E-state index in [1.807, 2.05) is 79.0 Å². The van der Waals surface area contributed by atoms with Crippen molar-refractivity contribution in [2.75, 3.05) is 18.5 Å². The number of aromatic nitrogens is 1. The van der Waals surface area contributed by atoms with Crippen LogP contribution < -0.4 is 15.5 Å². The van der Waals surface area contributed by atoms with Gasteiger partial charge in [0.25, 0.3) is 5.91 Å². The maximum Gasteiger partial charge on any atom is 0.274 e. The molecule has 38 heavy (non-hydrogen) atoms. The standard InChI is InChI=1S/C32H27N3O3/c36-32(35-37)27-12-10-23(11-13-27)18-24(20-33-29-19-28-8-4-5-9-31(28)34-21-29)22-38-30-16-14-26(15-17-30)25-6-2-1-3-7-25/h1-19,21,33,37H,20,22H2,(H,35,36). The molecule has 4 aromatic carbocycles. The van der Waals surface area contributed by atoms with Crippen LogP contribution in [0.2, 0.25) is 0 Å². The van der Waals surface area contributed by atoms with Gasteiger partial charge in [-0.25, -0.2) is 5.48 Å². The van der Waals surface area contributed by atoms with Crippen LogP contribution in [0.25, 0.3) is 28.1 Å². The number of ether oxygens (including phenoxy) is 1. The zero-order valence-corrected chi connectivity index (χ0v) is 20.7. The zero-order chi connectivity index (χ0) is 26.2. The van der Waals surface area contributed by atoms with Crippen LogP contribution in [0, 0.1) is 0 Å². The highest BCUT2D eigenvalue weighted by Gasteiger charge is 2.06. The Balaban J connectivity index is 1.32. The van der Waals surface area contributed by atoms with Crippen molar-refractivity contribution in [3.05, 3.63) is 132 Å². The summed E-state index contributed by atoms with van der Waals surface area (Å²) in [4.78, 5) is 16.2. The third-order valence-electron chi connectivity index (χ3n) is 6.14. The number of nitrogens with one attached hydrogen (secondary N) is 2. The molecular formula is C32H27N3O3. The highest BCUT2D eigenvalue weighted by Crippen LogP contribution is 2.23. The smallest absolute Gasteiger partial charge is 0.274 e. The van der Waals surface area contributed by atoms with Crippen molar-refractivity contribution in [3.63, 3.8) is 0 Å². The van der Waals surface area contributed by atoms with Gasteiger partial charge in [-0.2, -0.15) is 0 Å². The molecule has 6 nitrogen and oxygen atoms in total. The minimum Gasteiger partial charge on any atom is -0.489 e. The summed E-state index contributed by atoms with van der Waals surface area (Å²) in [7, 11) is 0. The zero-order valence-electron chi connectivity index (χ0n) is 20.7. The predicted octanol–water partition coefficient (Wildman–Crippen LogP) is 6.60. The molecule has 5 rings (SSSR count). The topological polar surface area (TPSA) is 83.5 Å². The molecule has 0 aliphatic carbocycles. The monoisotopic (exact) mass is 501 g/mol. The fraction of sp³-hybridized carbons (Fsp3) is 0.0625. The summed E-state index contributed by atoms with van der Waals surface area (Å²) in [6, 6.07) is 35.3. The quantitative estimate of drug-likeness (QED) is 0.157. The van der Waals surface area contributed by atoms with E-state index < -0.39 is 5.91 Å². The van der Waals surface area contributed by atoms with E-state index in [1.165, 1.54) is 0 Å². The summed E-state index contributed by atoms with van der Waals surface area (Å²) in [5.41, 5.74) is 8.10. The Morgan fingerprint density at radius 2 is 1.55 bits per heavy atom. The van der Waals surface area contributed by atoms with Gasteiger partial charge in [-0.15, -0.1) is 0 Å². The average Bonchev–Trinajstić information content (AvgIpc) is 2.99. The highest BCUT2D eigenvalue weighted by molar-refractivity contribution is 5.93. The second kappa shape index (κ2) is 11.9. The second-order valence-corrected chi connectivity index (χ2v) is 8.81. The normalized spacial score (nSPS) is 11.2. The molecule has 0 radical (unpaired) electrons. The van der Waals surface area contributed by atoms with Gasteiger partial charge in [0.1, 0.15) is 12.4 Å². The molecule has 6 heteroatoms. The molecule has 0 saturated heterocycles. The van der Waals surface area contributed by atoms with E-state index in [-0.39, 0.29) is 0 Å². The maximum absolute atomic E-state index is 11.7. The molecule has 1 heterocycles. The first-order valence-electron chi connectivity index (χ1n) is 12.3. The molecule has 0 atom stereocenters. The van der Waals surface area contributed by atoms with Crippen LogP contribution in [0.5, 0.6) is 5.75 Å². The number of para-hydroxylation sites is 1. The van der Waals surface area contributed by atoms with E-state index in [9.17, 15) is 4.79 Å². The van der Waals surface area contributed by atoms with Crippen molar-refractivity contribution in [1.29, 1.82) is 0 Å². The summed E-state index contributed by atoms with van der Waals surface area (Å²) in [5.74, 6) is 0.228. The summed E-state index contributed by atoms with van der Waals surface area (Å²) < 4.78 is 6.15. The van der Waals surface area contributed by atoms with Crippen molar-refractivity contribution < 1.29 is 14.7 Å². The number of amides is 1. The summed E-state index contributed by atoms with van der Waals surface area (Å²) in [6.07, 6.45) is 3.85. The maximum atomic E-state index is 11.7. The summed E-state index contributed by atoms with van der Waals surface area (Å²) >= 11 is 0. The van der Waals surface area contributed by atoms with Gasteiger partial charge >= 0.3 is 0 Å². The number of carbonyl (C=O) groups excluding carboxylic acids is 1. The van der Waals surface area contributed by atoms with Crippen molar-refractivity contribution in [3.8, 4) is 16.9 Å². The molecular weight excluding hydrogens is 474 g/mol. The van der Waals surface area contributed by atoms with E-state index in [2.05, 4.69) is 40.6 Å². The first-order valence-corrected chi connectivity index (χ1v) is 12.3. The number of rotatable bonds is 9. The predicted molar refractivity (Wildman–Crippen MR) is 151 cm³/mol. The Morgan fingerprint density at radius 1 is 0.842 bits per heavy atom. The summed E-state index contributed by atoms with van der Waals surface area (Å²) in [5, 5.41) is 13.4. The van der Waals surface area contributed by atoms with Crippen molar-refractivity contribution in [2.24, 2.45) is 0 Å². The van der Waals surface area contributed by atoms with E-state index in [4.69, 9.17) is 9.94 Å². The van der Waals surface area contributed by atoms with Gasteiger partial charge in [0.05, 0.1) is 17.4 Å². The van der Waals surface area contributed by atoms with Gasteiger partial charge in [-0.05, 0) is 58.7 Å². The molecule has 0 spiro atoms. The van der Waals surface area contributed by atoms with Crippen LogP contribution in [0.4, 0.5) is 5.69 Å². The number of anilines is 1. The highest BCUT2D eigenvalue weighted by atomic mass is 16.5. The molecule has 1 amide bonds. The van der Waals surface area contributed by atoms with Crippen molar-refractivity contribution in [2.45, 2.75) is 0 Å². The third-order valence-corrected chi connectivity index (χ3v) is 6.14. The molecule has 0 aliphatic rings. The number of hydrogen-bond acceptors (Lipinski definition) is 5. The Hall–Kier alpha value is -4.94.